The summed E-state index contributed by atoms with van der Waals surface area (Å²) in [7, 11) is 1.79. The standard InChI is InChI=1S/C20H19F4N3O2/c1-26(9-10-28)19-18(14-11-15(21)13-25-12-14)3-2-8-27(19)16-4-6-17(7-5-16)29-20(22,23)24/h2-8,11-13,19,28H,9-10H2,1H3. The van der Waals surface area contributed by atoms with Crippen LogP contribution in [0.3, 0.4) is 0 Å². The highest BCUT2D eigenvalue weighted by molar-refractivity contribution is 5.76. The highest BCUT2D eigenvalue weighted by Gasteiger charge is 2.32. The maximum absolute atomic E-state index is 13.7. The number of benzene rings is 1. The van der Waals surface area contributed by atoms with Gasteiger partial charge in [0.1, 0.15) is 17.7 Å². The number of rotatable bonds is 6. The van der Waals surface area contributed by atoms with Crippen LogP contribution in [-0.4, -0.2) is 47.7 Å². The number of hydrogen-bond acceptors (Lipinski definition) is 5. The second-order valence-corrected chi connectivity index (χ2v) is 6.38. The van der Waals surface area contributed by atoms with Gasteiger partial charge >= 0.3 is 6.36 Å². The summed E-state index contributed by atoms with van der Waals surface area (Å²) in [4.78, 5) is 7.55. The molecule has 0 saturated carbocycles. The van der Waals surface area contributed by atoms with Crippen LogP contribution in [0.5, 0.6) is 5.75 Å². The Balaban J connectivity index is 1.95. The molecule has 154 valence electrons. The van der Waals surface area contributed by atoms with Gasteiger partial charge in [0.2, 0.25) is 0 Å². The molecule has 1 unspecified atom stereocenters. The van der Waals surface area contributed by atoms with E-state index in [9.17, 15) is 22.7 Å². The largest absolute Gasteiger partial charge is 0.573 e. The van der Waals surface area contributed by atoms with E-state index in [4.69, 9.17) is 0 Å². The van der Waals surface area contributed by atoms with E-state index < -0.39 is 18.3 Å². The Morgan fingerprint density at radius 1 is 1.21 bits per heavy atom. The minimum Gasteiger partial charge on any atom is -0.406 e. The number of alkyl halides is 3. The van der Waals surface area contributed by atoms with E-state index in [2.05, 4.69) is 9.72 Å². The summed E-state index contributed by atoms with van der Waals surface area (Å²) in [5.74, 6) is -0.811. The van der Waals surface area contributed by atoms with Gasteiger partial charge in [-0.15, -0.1) is 13.2 Å². The molecule has 3 rings (SSSR count). The number of likely N-dealkylation sites (N-methyl/N-ethyl adjacent to an activating group) is 1. The number of ether oxygens (including phenoxy) is 1. The molecule has 2 heterocycles. The van der Waals surface area contributed by atoms with Gasteiger partial charge in [-0.1, -0.05) is 6.08 Å². The summed E-state index contributed by atoms with van der Waals surface area (Å²) < 4.78 is 54.8. The topological polar surface area (TPSA) is 48.8 Å². The van der Waals surface area contributed by atoms with E-state index >= 15 is 0 Å². The molecule has 5 nitrogen and oxygen atoms in total. The van der Waals surface area contributed by atoms with E-state index in [0.717, 1.165) is 11.8 Å². The second kappa shape index (κ2) is 8.62. The van der Waals surface area contributed by atoms with Crippen LogP contribution in [0.4, 0.5) is 23.2 Å². The van der Waals surface area contributed by atoms with Crippen molar-refractivity contribution in [3.05, 3.63) is 72.5 Å². The molecule has 0 amide bonds. The van der Waals surface area contributed by atoms with Gasteiger partial charge in [0.05, 0.1) is 12.8 Å². The van der Waals surface area contributed by atoms with Crippen LogP contribution in [-0.2, 0) is 0 Å². The molecular weight excluding hydrogens is 390 g/mol. The number of aromatic nitrogens is 1. The molecule has 0 radical (unpaired) electrons. The molecule has 9 heteroatoms. The van der Waals surface area contributed by atoms with E-state index in [-0.39, 0.29) is 12.4 Å². The van der Waals surface area contributed by atoms with E-state index in [1.165, 1.54) is 36.5 Å². The Hall–Kier alpha value is -2.91. The van der Waals surface area contributed by atoms with Crippen molar-refractivity contribution < 1.29 is 27.4 Å². The number of halogens is 4. The van der Waals surface area contributed by atoms with Crippen molar-refractivity contribution in [3.63, 3.8) is 0 Å². The number of aliphatic hydroxyl groups excluding tert-OH is 1. The van der Waals surface area contributed by atoms with Crippen LogP contribution in [0.25, 0.3) is 5.57 Å². The number of anilines is 1. The predicted octanol–water partition coefficient (Wildman–Crippen LogP) is 3.79. The zero-order valence-corrected chi connectivity index (χ0v) is 15.5. The van der Waals surface area contributed by atoms with Crippen LogP contribution >= 0.6 is 0 Å². The lowest BCUT2D eigenvalue weighted by Gasteiger charge is -2.40. The lowest BCUT2D eigenvalue weighted by atomic mass is 9.99. The molecular formula is C20H19F4N3O2. The highest BCUT2D eigenvalue weighted by atomic mass is 19.4. The van der Waals surface area contributed by atoms with Gasteiger partial charge in [-0.3, -0.25) is 9.88 Å². The van der Waals surface area contributed by atoms with E-state index in [1.54, 1.807) is 19.3 Å². The van der Waals surface area contributed by atoms with E-state index in [0.29, 0.717) is 17.8 Å². The molecule has 29 heavy (non-hydrogen) atoms. The van der Waals surface area contributed by atoms with Crippen molar-refractivity contribution in [2.75, 3.05) is 25.1 Å². The maximum Gasteiger partial charge on any atom is 0.573 e. The van der Waals surface area contributed by atoms with Gasteiger partial charge in [-0.2, -0.15) is 0 Å². The highest BCUT2D eigenvalue weighted by Crippen LogP contribution is 2.33. The quantitative estimate of drug-likeness (QED) is 0.736. The van der Waals surface area contributed by atoms with Crippen molar-refractivity contribution in [2.45, 2.75) is 12.5 Å². The summed E-state index contributed by atoms with van der Waals surface area (Å²) in [6.07, 6.45) is 2.75. The average Bonchev–Trinajstić information content (AvgIpc) is 2.67. The van der Waals surface area contributed by atoms with Crippen LogP contribution in [0.1, 0.15) is 5.56 Å². The van der Waals surface area contributed by atoms with Crippen molar-refractivity contribution in [1.82, 2.24) is 9.88 Å². The van der Waals surface area contributed by atoms with Crippen molar-refractivity contribution in [2.24, 2.45) is 0 Å². The SMILES string of the molecule is CN(CCO)C1C(c2cncc(F)c2)=CC=CN1c1ccc(OC(F)(F)F)cc1. The molecule has 0 fully saturated rings. The summed E-state index contributed by atoms with van der Waals surface area (Å²) in [6, 6.07) is 6.80. The molecule has 1 atom stereocenters. The number of allylic oxidation sites excluding steroid dienone is 2. The zero-order valence-electron chi connectivity index (χ0n) is 15.5. The number of pyridine rings is 1. The number of nitrogens with zero attached hydrogens (tertiary/aromatic N) is 3. The summed E-state index contributed by atoms with van der Waals surface area (Å²) >= 11 is 0. The van der Waals surface area contributed by atoms with Gasteiger partial charge in [-0.25, -0.2) is 4.39 Å². The Kier molecular flexibility index (Phi) is 6.19. The summed E-state index contributed by atoms with van der Waals surface area (Å²) in [6.45, 7) is 0.224. The fraction of sp³-hybridized carbons (Fsp3) is 0.250. The van der Waals surface area contributed by atoms with Crippen molar-refractivity contribution >= 4 is 11.3 Å². The van der Waals surface area contributed by atoms with Crippen LogP contribution in [0, 0.1) is 5.82 Å². The Morgan fingerprint density at radius 3 is 2.55 bits per heavy atom. The second-order valence-electron chi connectivity index (χ2n) is 6.38. The molecule has 1 N–H and O–H groups in total. The number of aliphatic hydroxyl groups is 1. The first-order valence-corrected chi connectivity index (χ1v) is 8.73. The zero-order chi connectivity index (χ0) is 21.0. The molecule has 0 aliphatic carbocycles. The molecule has 2 aromatic rings. The predicted molar refractivity (Wildman–Crippen MR) is 100 cm³/mol. The third kappa shape index (κ3) is 5.12. The average molecular weight is 409 g/mol. The minimum absolute atomic E-state index is 0.0996. The van der Waals surface area contributed by atoms with Crippen molar-refractivity contribution in [3.8, 4) is 5.75 Å². The molecule has 0 spiro atoms. The third-order valence-electron chi connectivity index (χ3n) is 4.34. The van der Waals surface area contributed by atoms with Gasteiger partial charge in [0.25, 0.3) is 0 Å². The fourth-order valence-corrected chi connectivity index (χ4v) is 3.15. The fourth-order valence-electron chi connectivity index (χ4n) is 3.15. The minimum atomic E-state index is -4.77. The molecule has 1 aliphatic rings. The van der Waals surface area contributed by atoms with Gasteiger partial charge in [0, 0.05) is 30.2 Å². The van der Waals surface area contributed by atoms with Gasteiger partial charge < -0.3 is 14.7 Å². The molecule has 1 aliphatic heterocycles. The maximum atomic E-state index is 13.7. The van der Waals surface area contributed by atoms with Crippen LogP contribution in [0.15, 0.2) is 61.1 Å². The third-order valence-corrected chi connectivity index (χ3v) is 4.34. The Bertz CT molecular complexity index is 897. The first-order valence-electron chi connectivity index (χ1n) is 8.73. The normalized spacial score (nSPS) is 16.9. The first-order chi connectivity index (χ1) is 13.8. The van der Waals surface area contributed by atoms with Crippen LogP contribution in [0.2, 0.25) is 0 Å². The molecule has 0 bridgehead atoms. The van der Waals surface area contributed by atoms with Crippen LogP contribution < -0.4 is 9.64 Å². The molecule has 1 aromatic heterocycles. The van der Waals surface area contributed by atoms with E-state index in [1.807, 2.05) is 15.9 Å². The molecule has 0 saturated heterocycles. The van der Waals surface area contributed by atoms with Gasteiger partial charge in [-0.05, 0) is 49.0 Å². The Labute approximate surface area is 165 Å². The van der Waals surface area contributed by atoms with Gasteiger partial charge in [0.15, 0.2) is 0 Å². The van der Waals surface area contributed by atoms with Crippen molar-refractivity contribution in [1.29, 1.82) is 0 Å². The monoisotopic (exact) mass is 409 g/mol. The first kappa shape index (κ1) is 20.8. The lowest BCUT2D eigenvalue weighted by molar-refractivity contribution is -0.274. The summed E-state index contributed by atoms with van der Waals surface area (Å²) in [5, 5.41) is 9.38. The Morgan fingerprint density at radius 2 is 1.93 bits per heavy atom. The lowest BCUT2D eigenvalue weighted by Crippen LogP contribution is -2.47. The molecule has 1 aromatic carbocycles. The number of hydrogen-bond donors (Lipinski definition) is 1. The smallest absolute Gasteiger partial charge is 0.406 e. The summed E-state index contributed by atoms with van der Waals surface area (Å²) in [5.41, 5.74) is 1.89.